The maximum absolute atomic E-state index is 12.9. The molecule has 0 radical (unpaired) electrons. The van der Waals surface area contributed by atoms with Gasteiger partial charge in [-0.3, -0.25) is 4.79 Å². The lowest BCUT2D eigenvalue weighted by atomic mass is 10.1. The first kappa shape index (κ1) is 21.0. The number of benzene rings is 2. The minimum Gasteiger partial charge on any atom is -0.494 e. The standard InChI is InChI=1S/C25H23N5O2/c1-3-32-20-7-4-6-19(15-20)29-25(31)18-10-9-17(2)23(14-18)30-24-21(8-5-12-27-24)22-11-13-26-16-28-22/h4-16H,3H2,1-2H3,(H,27,30)(H,29,31). The van der Waals surface area contributed by atoms with Crippen molar-refractivity contribution in [2.24, 2.45) is 0 Å². The van der Waals surface area contributed by atoms with E-state index in [4.69, 9.17) is 4.74 Å². The quantitative estimate of drug-likeness (QED) is 0.421. The summed E-state index contributed by atoms with van der Waals surface area (Å²) in [6, 6.07) is 18.5. The Morgan fingerprint density at radius 1 is 1.00 bits per heavy atom. The van der Waals surface area contributed by atoms with E-state index in [-0.39, 0.29) is 5.91 Å². The summed E-state index contributed by atoms with van der Waals surface area (Å²) < 4.78 is 5.51. The van der Waals surface area contributed by atoms with E-state index in [0.717, 1.165) is 22.5 Å². The molecular weight excluding hydrogens is 402 g/mol. The highest BCUT2D eigenvalue weighted by atomic mass is 16.5. The molecule has 2 aromatic carbocycles. The van der Waals surface area contributed by atoms with E-state index in [2.05, 4.69) is 25.6 Å². The van der Waals surface area contributed by atoms with Crippen LogP contribution in [-0.2, 0) is 0 Å². The van der Waals surface area contributed by atoms with Gasteiger partial charge in [-0.25, -0.2) is 15.0 Å². The molecule has 7 nitrogen and oxygen atoms in total. The van der Waals surface area contributed by atoms with Crippen molar-refractivity contribution in [3.63, 3.8) is 0 Å². The Bertz CT molecular complexity index is 1230. The smallest absolute Gasteiger partial charge is 0.255 e. The van der Waals surface area contributed by atoms with Crippen molar-refractivity contribution in [1.29, 1.82) is 0 Å². The first-order valence-electron chi connectivity index (χ1n) is 10.3. The third-order valence-corrected chi connectivity index (χ3v) is 4.82. The Labute approximate surface area is 186 Å². The first-order valence-corrected chi connectivity index (χ1v) is 10.3. The van der Waals surface area contributed by atoms with Crippen LogP contribution >= 0.6 is 0 Å². The van der Waals surface area contributed by atoms with Crippen molar-refractivity contribution < 1.29 is 9.53 Å². The number of pyridine rings is 1. The highest BCUT2D eigenvalue weighted by Crippen LogP contribution is 2.28. The number of anilines is 3. The third-order valence-electron chi connectivity index (χ3n) is 4.82. The number of hydrogen-bond acceptors (Lipinski definition) is 6. The number of carbonyl (C=O) groups is 1. The molecule has 0 spiro atoms. The highest BCUT2D eigenvalue weighted by Gasteiger charge is 2.12. The summed E-state index contributed by atoms with van der Waals surface area (Å²) in [5.74, 6) is 1.15. The molecule has 2 aromatic heterocycles. The zero-order valence-corrected chi connectivity index (χ0v) is 17.9. The minimum atomic E-state index is -0.209. The van der Waals surface area contributed by atoms with Gasteiger partial charge in [-0.05, 0) is 61.9 Å². The Hall–Kier alpha value is -4.26. The number of ether oxygens (including phenoxy) is 1. The second-order valence-corrected chi connectivity index (χ2v) is 7.06. The number of hydrogen-bond donors (Lipinski definition) is 2. The van der Waals surface area contributed by atoms with Crippen molar-refractivity contribution in [3.8, 4) is 17.0 Å². The molecule has 0 unspecified atom stereocenters. The van der Waals surface area contributed by atoms with Crippen LogP contribution in [0.3, 0.4) is 0 Å². The number of rotatable bonds is 7. The molecular formula is C25H23N5O2. The van der Waals surface area contributed by atoms with Gasteiger partial charge in [0, 0.05) is 41.0 Å². The second-order valence-electron chi connectivity index (χ2n) is 7.06. The first-order chi connectivity index (χ1) is 15.6. The summed E-state index contributed by atoms with van der Waals surface area (Å²) in [7, 11) is 0. The van der Waals surface area contributed by atoms with Crippen molar-refractivity contribution in [3.05, 3.63) is 90.5 Å². The molecule has 7 heteroatoms. The number of nitrogens with zero attached hydrogens (tertiary/aromatic N) is 3. The van der Waals surface area contributed by atoms with Gasteiger partial charge in [0.15, 0.2) is 0 Å². The molecule has 0 saturated carbocycles. The van der Waals surface area contributed by atoms with Crippen LogP contribution in [0, 0.1) is 6.92 Å². The molecule has 4 rings (SSSR count). The maximum Gasteiger partial charge on any atom is 0.255 e. The number of carbonyl (C=O) groups excluding carboxylic acids is 1. The van der Waals surface area contributed by atoms with Crippen LogP contribution in [0.2, 0.25) is 0 Å². The Morgan fingerprint density at radius 3 is 2.72 bits per heavy atom. The van der Waals surface area contributed by atoms with E-state index in [1.165, 1.54) is 6.33 Å². The van der Waals surface area contributed by atoms with E-state index in [9.17, 15) is 4.79 Å². The topological polar surface area (TPSA) is 89.0 Å². The summed E-state index contributed by atoms with van der Waals surface area (Å²) in [4.78, 5) is 25.6. The van der Waals surface area contributed by atoms with Crippen molar-refractivity contribution in [2.75, 3.05) is 17.2 Å². The summed E-state index contributed by atoms with van der Waals surface area (Å²) >= 11 is 0. The van der Waals surface area contributed by atoms with Crippen molar-refractivity contribution in [2.45, 2.75) is 13.8 Å². The lowest BCUT2D eigenvalue weighted by molar-refractivity contribution is 0.102. The molecule has 160 valence electrons. The van der Waals surface area contributed by atoms with Gasteiger partial charge in [-0.2, -0.15) is 0 Å². The van der Waals surface area contributed by atoms with Crippen LogP contribution in [0.25, 0.3) is 11.3 Å². The predicted molar refractivity (Wildman–Crippen MR) is 125 cm³/mol. The van der Waals surface area contributed by atoms with Gasteiger partial charge in [-0.1, -0.05) is 12.1 Å². The van der Waals surface area contributed by atoms with E-state index < -0.39 is 0 Å². The third kappa shape index (κ3) is 4.89. The summed E-state index contributed by atoms with van der Waals surface area (Å²) in [6.07, 6.45) is 4.91. The van der Waals surface area contributed by atoms with Crippen LogP contribution in [0.15, 0.2) is 79.4 Å². The lowest BCUT2D eigenvalue weighted by Crippen LogP contribution is -2.12. The predicted octanol–water partition coefficient (Wildman–Crippen LogP) is 5.24. The second kappa shape index (κ2) is 9.70. The van der Waals surface area contributed by atoms with Crippen LogP contribution in [0.4, 0.5) is 17.2 Å². The molecule has 0 aliphatic carbocycles. The molecule has 0 fully saturated rings. The minimum absolute atomic E-state index is 0.209. The molecule has 0 aliphatic rings. The average Bonchev–Trinajstić information content (AvgIpc) is 2.82. The summed E-state index contributed by atoms with van der Waals surface area (Å²) in [6.45, 7) is 4.46. The molecule has 0 saturated heterocycles. The Morgan fingerprint density at radius 2 is 1.91 bits per heavy atom. The van der Waals surface area contributed by atoms with Crippen LogP contribution in [0.5, 0.6) is 5.75 Å². The molecule has 0 bridgehead atoms. The zero-order valence-electron chi connectivity index (χ0n) is 17.9. The Kier molecular flexibility index (Phi) is 6.36. The molecule has 0 aliphatic heterocycles. The summed E-state index contributed by atoms with van der Waals surface area (Å²) in [5, 5.41) is 6.28. The van der Waals surface area contributed by atoms with Crippen molar-refractivity contribution >= 4 is 23.1 Å². The summed E-state index contributed by atoms with van der Waals surface area (Å²) in [5.41, 5.74) is 4.58. The number of aryl methyl sites for hydroxylation is 1. The van der Waals surface area contributed by atoms with Gasteiger partial charge in [-0.15, -0.1) is 0 Å². The lowest BCUT2D eigenvalue weighted by Gasteiger charge is -2.14. The molecule has 32 heavy (non-hydrogen) atoms. The Balaban J connectivity index is 1.58. The number of nitrogens with one attached hydrogen (secondary N) is 2. The monoisotopic (exact) mass is 425 g/mol. The van der Waals surface area contributed by atoms with Gasteiger partial charge >= 0.3 is 0 Å². The SMILES string of the molecule is CCOc1cccc(NC(=O)c2ccc(C)c(Nc3ncccc3-c3ccncn3)c2)c1. The number of amides is 1. The fraction of sp³-hybridized carbons (Fsp3) is 0.120. The van der Waals surface area contributed by atoms with Gasteiger partial charge in [0.25, 0.3) is 5.91 Å². The van der Waals surface area contributed by atoms with Gasteiger partial charge < -0.3 is 15.4 Å². The molecule has 2 heterocycles. The zero-order chi connectivity index (χ0) is 22.3. The van der Waals surface area contributed by atoms with Crippen LogP contribution < -0.4 is 15.4 Å². The molecule has 0 atom stereocenters. The fourth-order valence-electron chi connectivity index (χ4n) is 3.22. The highest BCUT2D eigenvalue weighted by molar-refractivity contribution is 6.05. The number of aromatic nitrogens is 3. The molecule has 2 N–H and O–H groups in total. The van der Waals surface area contributed by atoms with E-state index >= 15 is 0 Å². The van der Waals surface area contributed by atoms with Crippen LogP contribution in [0.1, 0.15) is 22.8 Å². The molecule has 1 amide bonds. The maximum atomic E-state index is 12.9. The fourth-order valence-corrected chi connectivity index (χ4v) is 3.22. The normalized spacial score (nSPS) is 10.4. The van der Waals surface area contributed by atoms with E-state index in [0.29, 0.717) is 29.4 Å². The molecule has 4 aromatic rings. The largest absolute Gasteiger partial charge is 0.494 e. The van der Waals surface area contributed by atoms with Crippen molar-refractivity contribution in [1.82, 2.24) is 15.0 Å². The van der Waals surface area contributed by atoms with Gasteiger partial charge in [0.2, 0.25) is 0 Å². The van der Waals surface area contributed by atoms with Crippen LogP contribution in [-0.4, -0.2) is 27.5 Å². The van der Waals surface area contributed by atoms with E-state index in [1.807, 2.05) is 62.4 Å². The van der Waals surface area contributed by atoms with Gasteiger partial charge in [0.1, 0.15) is 17.9 Å². The van der Waals surface area contributed by atoms with Gasteiger partial charge in [0.05, 0.1) is 12.3 Å². The average molecular weight is 425 g/mol. The van der Waals surface area contributed by atoms with E-state index in [1.54, 1.807) is 24.5 Å².